The van der Waals surface area contributed by atoms with E-state index in [2.05, 4.69) is 36.9 Å². The molecular formula is C15H21NO2. The van der Waals surface area contributed by atoms with Crippen molar-refractivity contribution in [2.75, 3.05) is 13.1 Å². The number of hydrogen-bond donors (Lipinski definition) is 1. The van der Waals surface area contributed by atoms with E-state index in [0.717, 1.165) is 31.5 Å². The molecule has 0 spiro atoms. The van der Waals surface area contributed by atoms with Crippen molar-refractivity contribution in [3.63, 3.8) is 0 Å². The van der Waals surface area contributed by atoms with Gasteiger partial charge in [-0.3, -0.25) is 9.69 Å². The van der Waals surface area contributed by atoms with E-state index < -0.39 is 5.97 Å². The standard InChI is InChI=1S/C15H21NO2/c1-11-7-12(2)9-13(8-11)10-14(15(17)18)16-5-3-4-6-16/h7-9,14H,3-6,10H2,1-2H3,(H,17,18)/t14-/m0/s1. The number of hydrogen-bond acceptors (Lipinski definition) is 2. The summed E-state index contributed by atoms with van der Waals surface area (Å²) < 4.78 is 0. The third-order valence-corrected chi connectivity index (χ3v) is 3.58. The summed E-state index contributed by atoms with van der Waals surface area (Å²) in [5, 5.41) is 9.39. The molecule has 0 aromatic heterocycles. The zero-order valence-electron chi connectivity index (χ0n) is 11.1. The van der Waals surface area contributed by atoms with Gasteiger partial charge in [-0.2, -0.15) is 0 Å². The molecule has 0 aliphatic carbocycles. The first-order valence-corrected chi connectivity index (χ1v) is 6.60. The Bertz CT molecular complexity index is 416. The van der Waals surface area contributed by atoms with Crippen molar-refractivity contribution in [2.24, 2.45) is 0 Å². The molecule has 1 saturated heterocycles. The van der Waals surface area contributed by atoms with Crippen LogP contribution in [-0.4, -0.2) is 35.1 Å². The van der Waals surface area contributed by atoms with Gasteiger partial charge in [0.05, 0.1) is 0 Å². The van der Waals surface area contributed by atoms with Gasteiger partial charge in [-0.05, 0) is 51.8 Å². The van der Waals surface area contributed by atoms with Crippen molar-refractivity contribution in [1.29, 1.82) is 0 Å². The summed E-state index contributed by atoms with van der Waals surface area (Å²) in [6.45, 7) is 5.95. The molecule has 2 rings (SSSR count). The van der Waals surface area contributed by atoms with E-state index in [-0.39, 0.29) is 6.04 Å². The average molecular weight is 247 g/mol. The van der Waals surface area contributed by atoms with Gasteiger partial charge >= 0.3 is 5.97 Å². The van der Waals surface area contributed by atoms with E-state index in [0.29, 0.717) is 6.42 Å². The average Bonchev–Trinajstić information content (AvgIpc) is 2.77. The third kappa shape index (κ3) is 3.10. The van der Waals surface area contributed by atoms with Gasteiger partial charge in [-0.1, -0.05) is 29.3 Å². The Morgan fingerprint density at radius 3 is 2.28 bits per heavy atom. The molecular weight excluding hydrogens is 226 g/mol. The van der Waals surface area contributed by atoms with Crippen LogP contribution in [0, 0.1) is 13.8 Å². The highest BCUT2D eigenvalue weighted by Gasteiger charge is 2.27. The largest absolute Gasteiger partial charge is 0.480 e. The van der Waals surface area contributed by atoms with Gasteiger partial charge in [0.25, 0.3) is 0 Å². The van der Waals surface area contributed by atoms with Crippen LogP contribution in [0.3, 0.4) is 0 Å². The highest BCUT2D eigenvalue weighted by atomic mass is 16.4. The SMILES string of the molecule is Cc1cc(C)cc(C[C@@H](C(=O)O)N2CCCC2)c1. The lowest BCUT2D eigenvalue weighted by Crippen LogP contribution is -2.40. The summed E-state index contributed by atoms with van der Waals surface area (Å²) in [4.78, 5) is 13.5. The van der Waals surface area contributed by atoms with Crippen molar-refractivity contribution in [1.82, 2.24) is 4.90 Å². The first-order valence-electron chi connectivity index (χ1n) is 6.60. The third-order valence-electron chi connectivity index (χ3n) is 3.58. The maximum absolute atomic E-state index is 11.4. The van der Waals surface area contributed by atoms with Gasteiger partial charge in [0.1, 0.15) is 6.04 Å². The monoisotopic (exact) mass is 247 g/mol. The van der Waals surface area contributed by atoms with E-state index in [1.54, 1.807) is 0 Å². The molecule has 1 aliphatic rings. The van der Waals surface area contributed by atoms with E-state index in [9.17, 15) is 9.90 Å². The van der Waals surface area contributed by atoms with E-state index in [1.807, 2.05) is 0 Å². The summed E-state index contributed by atoms with van der Waals surface area (Å²) in [7, 11) is 0. The predicted molar refractivity (Wildman–Crippen MR) is 71.9 cm³/mol. The molecule has 0 unspecified atom stereocenters. The van der Waals surface area contributed by atoms with E-state index in [4.69, 9.17) is 0 Å². The van der Waals surface area contributed by atoms with Gasteiger partial charge in [0.15, 0.2) is 0 Å². The summed E-state index contributed by atoms with van der Waals surface area (Å²) in [5.41, 5.74) is 3.54. The maximum atomic E-state index is 11.4. The van der Waals surface area contributed by atoms with E-state index >= 15 is 0 Å². The molecule has 1 aliphatic heterocycles. The van der Waals surface area contributed by atoms with Crippen LogP contribution < -0.4 is 0 Å². The van der Waals surface area contributed by atoms with Crippen LogP contribution in [0.5, 0.6) is 0 Å². The van der Waals surface area contributed by atoms with Crippen LogP contribution in [0.15, 0.2) is 18.2 Å². The van der Waals surface area contributed by atoms with Gasteiger partial charge in [0, 0.05) is 0 Å². The van der Waals surface area contributed by atoms with Crippen LogP contribution in [-0.2, 0) is 11.2 Å². The van der Waals surface area contributed by atoms with Crippen LogP contribution >= 0.6 is 0 Å². The number of carboxylic acid groups (broad SMARTS) is 1. The van der Waals surface area contributed by atoms with Crippen molar-refractivity contribution in [3.8, 4) is 0 Å². The molecule has 1 atom stereocenters. The van der Waals surface area contributed by atoms with Crippen molar-refractivity contribution < 1.29 is 9.90 Å². The first kappa shape index (κ1) is 13.1. The fraction of sp³-hybridized carbons (Fsp3) is 0.533. The second kappa shape index (κ2) is 5.53. The quantitative estimate of drug-likeness (QED) is 0.888. The van der Waals surface area contributed by atoms with Crippen LogP contribution in [0.1, 0.15) is 29.5 Å². The smallest absolute Gasteiger partial charge is 0.321 e. The molecule has 1 fully saturated rings. The molecule has 0 radical (unpaired) electrons. The fourth-order valence-electron chi connectivity index (χ4n) is 2.84. The summed E-state index contributed by atoms with van der Waals surface area (Å²) in [6, 6.07) is 5.95. The lowest BCUT2D eigenvalue weighted by Gasteiger charge is -2.24. The molecule has 1 aromatic rings. The normalized spacial score (nSPS) is 17.9. The number of carboxylic acids is 1. The molecule has 18 heavy (non-hydrogen) atoms. The molecule has 0 amide bonds. The minimum atomic E-state index is -0.698. The van der Waals surface area contributed by atoms with Gasteiger partial charge in [-0.25, -0.2) is 0 Å². The second-order valence-corrected chi connectivity index (χ2v) is 5.30. The Labute approximate surface area is 108 Å². The van der Waals surface area contributed by atoms with Crippen molar-refractivity contribution in [2.45, 2.75) is 39.2 Å². The number of benzene rings is 1. The molecule has 1 N–H and O–H groups in total. The molecule has 1 heterocycles. The first-order chi connectivity index (χ1) is 8.56. The summed E-state index contributed by atoms with van der Waals surface area (Å²) >= 11 is 0. The number of likely N-dealkylation sites (tertiary alicyclic amines) is 1. The minimum absolute atomic E-state index is 0.367. The lowest BCUT2D eigenvalue weighted by molar-refractivity contribution is -0.142. The predicted octanol–water partition coefficient (Wildman–Crippen LogP) is 2.39. The molecule has 3 nitrogen and oxygen atoms in total. The number of aryl methyl sites for hydroxylation is 2. The maximum Gasteiger partial charge on any atom is 0.321 e. The van der Waals surface area contributed by atoms with Gasteiger partial charge in [-0.15, -0.1) is 0 Å². The number of nitrogens with zero attached hydrogens (tertiary/aromatic N) is 1. The Hall–Kier alpha value is -1.35. The Balaban J connectivity index is 2.15. The minimum Gasteiger partial charge on any atom is -0.480 e. The van der Waals surface area contributed by atoms with Gasteiger partial charge in [0.2, 0.25) is 0 Å². The Morgan fingerprint density at radius 2 is 1.78 bits per heavy atom. The summed E-state index contributed by atoms with van der Waals surface area (Å²) in [5.74, 6) is -0.698. The Kier molecular flexibility index (Phi) is 4.02. The highest BCUT2D eigenvalue weighted by molar-refractivity contribution is 5.74. The number of aliphatic carboxylic acids is 1. The zero-order chi connectivity index (χ0) is 13.1. The Morgan fingerprint density at radius 1 is 1.22 bits per heavy atom. The molecule has 98 valence electrons. The number of carbonyl (C=O) groups is 1. The number of rotatable bonds is 4. The molecule has 3 heteroatoms. The van der Waals surface area contributed by atoms with Crippen LogP contribution in [0.4, 0.5) is 0 Å². The zero-order valence-corrected chi connectivity index (χ0v) is 11.1. The molecule has 1 aromatic carbocycles. The van der Waals surface area contributed by atoms with Gasteiger partial charge < -0.3 is 5.11 Å². The highest BCUT2D eigenvalue weighted by Crippen LogP contribution is 2.18. The fourth-order valence-corrected chi connectivity index (χ4v) is 2.84. The summed E-state index contributed by atoms with van der Waals surface area (Å²) in [6.07, 6.45) is 2.85. The second-order valence-electron chi connectivity index (χ2n) is 5.30. The molecule has 0 saturated carbocycles. The van der Waals surface area contributed by atoms with Crippen LogP contribution in [0.25, 0.3) is 0 Å². The van der Waals surface area contributed by atoms with Crippen molar-refractivity contribution >= 4 is 5.97 Å². The van der Waals surface area contributed by atoms with Crippen molar-refractivity contribution in [3.05, 3.63) is 34.9 Å². The molecule has 0 bridgehead atoms. The lowest BCUT2D eigenvalue weighted by atomic mass is 10.0. The van der Waals surface area contributed by atoms with Crippen LogP contribution in [0.2, 0.25) is 0 Å². The van der Waals surface area contributed by atoms with E-state index in [1.165, 1.54) is 11.1 Å². The topological polar surface area (TPSA) is 40.5 Å².